The van der Waals surface area contributed by atoms with E-state index in [1.807, 2.05) is 5.51 Å². The Morgan fingerprint density at radius 2 is 2.25 bits per heavy atom. The molecule has 0 saturated heterocycles. The smallest absolute Gasteiger partial charge is 0.241 e. The third-order valence-corrected chi connectivity index (χ3v) is 5.60. The molecule has 4 rings (SSSR count). The van der Waals surface area contributed by atoms with Gasteiger partial charge in [-0.25, -0.2) is 9.97 Å². The second-order valence-corrected chi connectivity index (χ2v) is 7.05. The van der Waals surface area contributed by atoms with Crippen LogP contribution in [-0.2, 0) is 11.2 Å². The Hall–Kier alpha value is -1.34. The number of aromatic nitrogens is 3. The number of rotatable bonds is 3. The van der Waals surface area contributed by atoms with Crippen molar-refractivity contribution in [2.45, 2.75) is 43.9 Å². The average Bonchev–Trinajstić information content (AvgIpc) is 3.00. The van der Waals surface area contributed by atoms with Crippen molar-refractivity contribution in [3.8, 4) is 0 Å². The lowest BCUT2D eigenvalue weighted by Gasteiger charge is -2.19. The molecule has 1 atom stereocenters. The van der Waals surface area contributed by atoms with Gasteiger partial charge in [0, 0.05) is 10.8 Å². The molecule has 2 aliphatic rings. The molecule has 0 radical (unpaired) electrons. The van der Waals surface area contributed by atoms with Crippen molar-refractivity contribution in [3.63, 3.8) is 0 Å². The first-order valence-corrected chi connectivity index (χ1v) is 8.53. The number of carbonyl (C=O) groups is 1. The van der Waals surface area contributed by atoms with Gasteiger partial charge >= 0.3 is 0 Å². The lowest BCUT2D eigenvalue weighted by Crippen LogP contribution is -2.25. The number of hydrogen-bond donors (Lipinski definition) is 1. The molecule has 1 fully saturated rings. The first-order chi connectivity index (χ1) is 9.81. The summed E-state index contributed by atoms with van der Waals surface area (Å²) in [6.07, 6.45) is 5.36. The summed E-state index contributed by atoms with van der Waals surface area (Å²) in [7, 11) is 0. The molecule has 104 valence electrons. The van der Waals surface area contributed by atoms with E-state index in [0.717, 1.165) is 30.0 Å². The van der Waals surface area contributed by atoms with Gasteiger partial charge in [-0.1, -0.05) is 0 Å². The minimum Gasteiger partial charge on any atom is -0.293 e. The quantitative estimate of drug-likeness (QED) is 0.946. The molecule has 0 aromatic carbocycles. The van der Waals surface area contributed by atoms with Gasteiger partial charge < -0.3 is 0 Å². The highest BCUT2D eigenvalue weighted by Crippen LogP contribution is 2.41. The Bertz CT molecular complexity index is 646. The summed E-state index contributed by atoms with van der Waals surface area (Å²) in [5, 5.41) is 3.91. The molecular weight excluding hydrogens is 292 g/mol. The molecule has 7 heteroatoms. The fourth-order valence-electron chi connectivity index (χ4n) is 2.59. The van der Waals surface area contributed by atoms with Crippen LogP contribution in [0.4, 0.5) is 5.95 Å². The third-order valence-electron chi connectivity index (χ3n) is 3.82. The number of nitrogens with zero attached hydrogens (tertiary/aromatic N) is 3. The van der Waals surface area contributed by atoms with Gasteiger partial charge in [-0.2, -0.15) is 4.37 Å². The SMILES string of the molecule is O=C(Nc1nsc(C2CC2)n1)C1CCCc2scnc21. The van der Waals surface area contributed by atoms with Crippen molar-refractivity contribution >= 4 is 34.7 Å². The number of amides is 1. The van der Waals surface area contributed by atoms with Gasteiger partial charge in [-0.15, -0.1) is 11.3 Å². The lowest BCUT2D eigenvalue weighted by molar-refractivity contribution is -0.118. The van der Waals surface area contributed by atoms with Gasteiger partial charge in [0.05, 0.1) is 17.1 Å². The van der Waals surface area contributed by atoms with E-state index < -0.39 is 0 Å². The molecule has 2 aliphatic carbocycles. The topological polar surface area (TPSA) is 67.8 Å². The van der Waals surface area contributed by atoms with Gasteiger partial charge in [-0.05, 0) is 43.6 Å². The zero-order chi connectivity index (χ0) is 13.5. The normalized spacial score (nSPS) is 21.5. The fraction of sp³-hybridized carbons (Fsp3) is 0.538. The maximum atomic E-state index is 12.4. The number of thiazole rings is 1. The van der Waals surface area contributed by atoms with E-state index in [9.17, 15) is 4.79 Å². The number of fused-ring (bicyclic) bond motifs is 1. The van der Waals surface area contributed by atoms with Crippen LogP contribution in [0.25, 0.3) is 0 Å². The number of anilines is 1. The predicted molar refractivity (Wildman–Crippen MR) is 78.3 cm³/mol. The second kappa shape index (κ2) is 4.89. The van der Waals surface area contributed by atoms with Crippen LogP contribution in [0.3, 0.4) is 0 Å². The van der Waals surface area contributed by atoms with Crippen molar-refractivity contribution in [2.24, 2.45) is 0 Å². The number of hydrogen-bond acceptors (Lipinski definition) is 6. The minimum atomic E-state index is -0.141. The molecule has 0 spiro atoms. The van der Waals surface area contributed by atoms with E-state index in [4.69, 9.17) is 0 Å². The summed E-state index contributed by atoms with van der Waals surface area (Å²) in [5.74, 6) is 0.886. The standard InChI is InChI=1S/C13H14N4OS2/c18-11(8-2-1-3-9-10(8)14-6-19-9)15-13-16-12(20-17-13)7-4-5-7/h6-8H,1-5H2,(H,15,17,18). The summed E-state index contributed by atoms with van der Waals surface area (Å²) < 4.78 is 4.24. The number of nitrogens with one attached hydrogen (secondary N) is 1. The van der Waals surface area contributed by atoms with Crippen LogP contribution in [-0.4, -0.2) is 20.2 Å². The minimum absolute atomic E-state index is 0.0167. The van der Waals surface area contributed by atoms with E-state index in [0.29, 0.717) is 11.9 Å². The number of aryl methyl sites for hydroxylation is 1. The van der Waals surface area contributed by atoms with Crippen LogP contribution in [0.1, 0.15) is 53.1 Å². The summed E-state index contributed by atoms with van der Waals surface area (Å²) in [6, 6.07) is 0. The van der Waals surface area contributed by atoms with Gasteiger partial charge in [0.2, 0.25) is 11.9 Å². The Labute approximate surface area is 124 Å². The molecule has 0 aliphatic heterocycles. The molecule has 5 nitrogen and oxygen atoms in total. The van der Waals surface area contributed by atoms with E-state index in [1.54, 1.807) is 11.3 Å². The molecule has 1 unspecified atom stereocenters. The van der Waals surface area contributed by atoms with Crippen LogP contribution in [0.15, 0.2) is 5.51 Å². The van der Waals surface area contributed by atoms with Crippen LogP contribution in [0, 0.1) is 0 Å². The van der Waals surface area contributed by atoms with Gasteiger partial charge in [0.15, 0.2) is 0 Å². The molecule has 2 aromatic heterocycles. The highest BCUT2D eigenvalue weighted by Gasteiger charge is 2.31. The maximum Gasteiger partial charge on any atom is 0.241 e. The monoisotopic (exact) mass is 306 g/mol. The van der Waals surface area contributed by atoms with Crippen molar-refractivity contribution in [1.29, 1.82) is 0 Å². The molecule has 1 N–H and O–H groups in total. The van der Waals surface area contributed by atoms with Crippen molar-refractivity contribution < 1.29 is 4.79 Å². The molecule has 2 aromatic rings. The zero-order valence-corrected chi connectivity index (χ0v) is 12.5. The van der Waals surface area contributed by atoms with Gasteiger partial charge in [0.25, 0.3) is 0 Å². The van der Waals surface area contributed by atoms with Crippen molar-refractivity contribution in [3.05, 3.63) is 21.1 Å². The Morgan fingerprint density at radius 1 is 1.35 bits per heavy atom. The first-order valence-electron chi connectivity index (χ1n) is 6.88. The van der Waals surface area contributed by atoms with Crippen molar-refractivity contribution in [1.82, 2.24) is 14.3 Å². The van der Waals surface area contributed by atoms with E-state index >= 15 is 0 Å². The second-order valence-electron chi connectivity index (χ2n) is 5.33. The van der Waals surface area contributed by atoms with Crippen molar-refractivity contribution in [2.75, 3.05) is 5.32 Å². The Morgan fingerprint density at radius 3 is 3.10 bits per heavy atom. The highest BCUT2D eigenvalue weighted by atomic mass is 32.1. The van der Waals surface area contributed by atoms with Crippen LogP contribution in [0.2, 0.25) is 0 Å². The Kier molecular flexibility index (Phi) is 3.03. The fourth-order valence-corrected chi connectivity index (χ4v) is 4.24. The average molecular weight is 306 g/mol. The maximum absolute atomic E-state index is 12.4. The lowest BCUT2D eigenvalue weighted by atomic mass is 9.90. The summed E-state index contributed by atoms with van der Waals surface area (Å²) >= 11 is 3.06. The van der Waals surface area contributed by atoms with E-state index in [2.05, 4.69) is 19.7 Å². The van der Waals surface area contributed by atoms with E-state index in [1.165, 1.54) is 29.3 Å². The summed E-state index contributed by atoms with van der Waals surface area (Å²) in [4.78, 5) is 22.4. The highest BCUT2D eigenvalue weighted by molar-refractivity contribution is 7.09. The van der Waals surface area contributed by atoms with Gasteiger partial charge in [0.1, 0.15) is 5.01 Å². The summed E-state index contributed by atoms with van der Waals surface area (Å²) in [6.45, 7) is 0. The molecule has 1 amide bonds. The van der Waals surface area contributed by atoms with Crippen LogP contribution < -0.4 is 5.32 Å². The molecule has 20 heavy (non-hydrogen) atoms. The van der Waals surface area contributed by atoms with Crippen LogP contribution >= 0.6 is 22.9 Å². The molecule has 1 saturated carbocycles. The molecular formula is C13H14N4OS2. The van der Waals surface area contributed by atoms with Crippen LogP contribution in [0.5, 0.6) is 0 Å². The third kappa shape index (κ3) is 2.25. The summed E-state index contributed by atoms with van der Waals surface area (Å²) in [5.41, 5.74) is 2.79. The Balaban J connectivity index is 1.50. The molecule has 2 heterocycles. The predicted octanol–water partition coefficient (Wildman–Crippen LogP) is 2.93. The van der Waals surface area contributed by atoms with Gasteiger partial charge in [-0.3, -0.25) is 10.1 Å². The molecule has 0 bridgehead atoms. The zero-order valence-electron chi connectivity index (χ0n) is 10.8. The largest absolute Gasteiger partial charge is 0.293 e. The number of carbonyl (C=O) groups excluding carboxylic acids is 1. The van der Waals surface area contributed by atoms with E-state index in [-0.39, 0.29) is 11.8 Å². The first kappa shape index (κ1) is 12.4.